The molecule has 0 saturated carbocycles. The zero-order valence-electron chi connectivity index (χ0n) is 9.99. The fourth-order valence-corrected chi connectivity index (χ4v) is 1.96. The molecule has 2 aliphatic carbocycles. The summed E-state index contributed by atoms with van der Waals surface area (Å²) in [4.78, 5) is 23.2. The average molecular weight is 272 g/mol. The maximum atomic E-state index is 11.6. The van der Waals surface area contributed by atoms with E-state index in [0.29, 0.717) is 12.5 Å². The molecule has 0 radical (unpaired) electrons. The second-order valence-corrected chi connectivity index (χ2v) is 4.07. The van der Waals surface area contributed by atoms with E-state index in [1.54, 1.807) is 0 Å². The van der Waals surface area contributed by atoms with Crippen LogP contribution in [0.25, 0.3) is 12.5 Å². The van der Waals surface area contributed by atoms with Crippen molar-refractivity contribution in [3.8, 4) is 0 Å². The predicted molar refractivity (Wildman–Crippen MR) is 67.6 cm³/mol. The first kappa shape index (κ1) is 12.0. The highest BCUT2D eigenvalue weighted by atomic mass is 16.4. The third-order valence-electron chi connectivity index (χ3n) is 2.92. The van der Waals surface area contributed by atoms with Crippen molar-refractivity contribution in [1.82, 2.24) is 0 Å². The molecule has 0 bridgehead atoms. The summed E-state index contributed by atoms with van der Waals surface area (Å²) in [7, 11) is 0. The summed E-state index contributed by atoms with van der Waals surface area (Å²) >= 11 is 0. The van der Waals surface area contributed by atoms with Crippen molar-refractivity contribution in [3.63, 3.8) is 0 Å². The minimum atomic E-state index is -0.423. The Morgan fingerprint density at radius 2 is 1.15 bits per heavy atom. The zero-order valence-corrected chi connectivity index (χ0v) is 9.99. The smallest absolute Gasteiger partial charge is 0.192 e. The van der Waals surface area contributed by atoms with Crippen LogP contribution in [-0.2, 0) is 0 Å². The molecule has 0 amide bonds. The van der Waals surface area contributed by atoms with Crippen LogP contribution in [0.5, 0.6) is 0 Å². The van der Waals surface area contributed by atoms with Crippen LogP contribution in [0, 0.1) is 21.7 Å². The van der Waals surface area contributed by atoms with Gasteiger partial charge in [-0.25, -0.2) is 0 Å². The molecule has 0 unspecified atom stereocenters. The fraction of sp³-hybridized carbons (Fsp3) is 0. The Morgan fingerprint density at radius 3 is 1.50 bits per heavy atom. The average Bonchev–Trinajstić information content (AvgIpc) is 2.45. The third-order valence-corrected chi connectivity index (χ3v) is 2.92. The van der Waals surface area contributed by atoms with Crippen molar-refractivity contribution in [1.29, 1.82) is 0 Å². The molecule has 3 rings (SSSR count). The second-order valence-electron chi connectivity index (χ2n) is 4.07. The SMILES string of the molecule is O=c1ccc2oc3c(=CO)c(=O)ccc=3oc=2c1=CO. The van der Waals surface area contributed by atoms with Crippen molar-refractivity contribution in [2.24, 2.45) is 0 Å². The molecule has 0 saturated heterocycles. The quantitative estimate of drug-likeness (QED) is 0.579. The van der Waals surface area contributed by atoms with Gasteiger partial charge in [-0.15, -0.1) is 0 Å². The largest absolute Gasteiger partial charge is 0.515 e. The lowest BCUT2D eigenvalue weighted by Crippen LogP contribution is -2.27. The first-order valence-electron chi connectivity index (χ1n) is 5.64. The van der Waals surface area contributed by atoms with Crippen molar-refractivity contribution in [3.05, 3.63) is 76.8 Å². The van der Waals surface area contributed by atoms with Crippen LogP contribution in [0.15, 0.2) is 42.7 Å². The molecule has 0 fully saturated rings. The van der Waals surface area contributed by atoms with E-state index < -0.39 is 10.9 Å². The van der Waals surface area contributed by atoms with E-state index in [-0.39, 0.29) is 32.1 Å². The van der Waals surface area contributed by atoms with Gasteiger partial charge in [0, 0.05) is 0 Å². The van der Waals surface area contributed by atoms with E-state index in [0.717, 1.165) is 0 Å². The molecule has 100 valence electrons. The number of aliphatic hydroxyl groups excluding tert-OH is 2. The van der Waals surface area contributed by atoms with Crippen LogP contribution >= 0.6 is 0 Å². The molecule has 0 aromatic carbocycles. The number of hydrogen-bond acceptors (Lipinski definition) is 6. The topological polar surface area (TPSA) is 101 Å². The first-order chi connectivity index (χ1) is 9.65. The molecule has 6 heteroatoms. The molecule has 20 heavy (non-hydrogen) atoms. The van der Waals surface area contributed by atoms with Crippen LogP contribution in [-0.4, -0.2) is 10.2 Å². The number of aliphatic hydroxyl groups is 2. The van der Waals surface area contributed by atoms with Crippen LogP contribution in [0.3, 0.4) is 0 Å². The van der Waals surface area contributed by atoms with Gasteiger partial charge in [-0.2, -0.15) is 0 Å². The molecule has 0 spiro atoms. The van der Waals surface area contributed by atoms with Gasteiger partial charge < -0.3 is 19.0 Å². The van der Waals surface area contributed by atoms with Gasteiger partial charge in [0.25, 0.3) is 0 Å². The normalized spacial score (nSPS) is 13.4. The standard InChI is InChI=1S/C14H8O6/c15-5-7-9(17)1-3-11-13(7)20-12-4-2-10(18)8(6-16)14(12)19-11/h1-6,15-16H. The minimum Gasteiger partial charge on any atom is -0.515 e. The van der Waals surface area contributed by atoms with E-state index in [1.165, 1.54) is 24.3 Å². The summed E-state index contributed by atoms with van der Waals surface area (Å²) in [6.07, 6.45) is 1.27. The van der Waals surface area contributed by atoms with Crippen molar-refractivity contribution in [2.45, 2.75) is 0 Å². The van der Waals surface area contributed by atoms with Gasteiger partial charge in [0.1, 0.15) is 10.4 Å². The summed E-state index contributed by atoms with van der Waals surface area (Å²) in [5, 5.41) is 18.1. The Morgan fingerprint density at radius 1 is 0.750 bits per heavy atom. The molecule has 1 aliphatic heterocycles. The maximum Gasteiger partial charge on any atom is 0.192 e. The van der Waals surface area contributed by atoms with Crippen molar-refractivity contribution < 1.29 is 19.0 Å². The molecule has 0 atom stereocenters. The third kappa shape index (κ3) is 1.58. The molecule has 1 heterocycles. The van der Waals surface area contributed by atoms with Gasteiger partial charge in [0.2, 0.25) is 0 Å². The van der Waals surface area contributed by atoms with Gasteiger partial charge in [-0.3, -0.25) is 9.59 Å². The summed E-state index contributed by atoms with van der Waals surface area (Å²) in [5.74, 6) is 0. The van der Waals surface area contributed by atoms with Gasteiger partial charge in [-0.05, 0) is 24.3 Å². The van der Waals surface area contributed by atoms with Crippen LogP contribution in [0.1, 0.15) is 0 Å². The van der Waals surface area contributed by atoms with E-state index in [2.05, 4.69) is 0 Å². The number of rotatable bonds is 0. The Labute approximate surface area is 109 Å². The lowest BCUT2D eigenvalue weighted by atomic mass is 10.3. The zero-order chi connectivity index (χ0) is 14.3. The highest BCUT2D eigenvalue weighted by Gasteiger charge is 2.04. The highest BCUT2D eigenvalue weighted by molar-refractivity contribution is 5.18. The molecule has 3 aliphatic rings. The Bertz CT molecular complexity index is 1060. The molecule has 0 aromatic heterocycles. The fourth-order valence-electron chi connectivity index (χ4n) is 1.96. The maximum absolute atomic E-state index is 11.6. The second kappa shape index (κ2) is 4.27. The van der Waals surface area contributed by atoms with E-state index in [4.69, 9.17) is 19.0 Å². The van der Waals surface area contributed by atoms with Crippen LogP contribution in [0.4, 0.5) is 0 Å². The predicted octanol–water partition coefficient (Wildman–Crippen LogP) is -0.365. The van der Waals surface area contributed by atoms with Crippen LogP contribution in [0.2, 0.25) is 0 Å². The van der Waals surface area contributed by atoms with Crippen LogP contribution < -0.4 is 21.3 Å². The van der Waals surface area contributed by atoms with Gasteiger partial charge >= 0.3 is 0 Å². The summed E-state index contributed by atoms with van der Waals surface area (Å²) < 4.78 is 11.0. The lowest BCUT2D eigenvalue weighted by Gasteiger charge is -1.96. The van der Waals surface area contributed by atoms with Crippen molar-refractivity contribution in [2.75, 3.05) is 0 Å². The van der Waals surface area contributed by atoms with Gasteiger partial charge in [0.15, 0.2) is 32.5 Å². The first-order valence-corrected chi connectivity index (χ1v) is 5.64. The van der Waals surface area contributed by atoms with E-state index >= 15 is 0 Å². The molecule has 2 N–H and O–H groups in total. The number of hydrogen-bond donors (Lipinski definition) is 2. The Hall–Kier alpha value is -3.02. The Balaban J connectivity index is 2.77. The molecular formula is C14H8O6. The minimum absolute atomic E-state index is 0.0473. The summed E-state index contributed by atoms with van der Waals surface area (Å²) in [6.45, 7) is 0. The molecular weight excluding hydrogens is 264 g/mol. The van der Waals surface area contributed by atoms with Gasteiger partial charge in [0.05, 0.1) is 12.5 Å². The summed E-state index contributed by atoms with van der Waals surface area (Å²) in [6, 6.07) is 5.15. The van der Waals surface area contributed by atoms with Crippen molar-refractivity contribution >= 4 is 12.5 Å². The molecule has 6 nitrogen and oxygen atoms in total. The molecule has 0 aromatic rings. The van der Waals surface area contributed by atoms with E-state index in [1.807, 2.05) is 0 Å². The highest BCUT2D eigenvalue weighted by Crippen LogP contribution is 1.98. The van der Waals surface area contributed by atoms with E-state index in [9.17, 15) is 9.59 Å². The monoisotopic (exact) mass is 272 g/mol. The summed E-state index contributed by atoms with van der Waals surface area (Å²) in [5.41, 5.74) is -0.373. The lowest BCUT2D eigenvalue weighted by molar-refractivity contribution is 0.372. The van der Waals surface area contributed by atoms with Gasteiger partial charge in [-0.1, -0.05) is 0 Å². The Kier molecular flexibility index (Phi) is 2.57.